The van der Waals surface area contributed by atoms with Crippen LogP contribution < -0.4 is 4.74 Å². The van der Waals surface area contributed by atoms with E-state index in [2.05, 4.69) is 25.9 Å². The van der Waals surface area contributed by atoms with E-state index >= 15 is 0 Å². The number of aromatic nitrogens is 2. The quantitative estimate of drug-likeness (QED) is 0.690. The Hall–Kier alpha value is -0.720. The zero-order valence-electron chi connectivity index (χ0n) is 12.7. The molecule has 114 valence electrons. The van der Waals surface area contributed by atoms with Crippen molar-refractivity contribution in [2.45, 2.75) is 46.8 Å². The Kier molecular flexibility index (Phi) is 5.74. The van der Waals surface area contributed by atoms with Crippen molar-refractivity contribution in [3.63, 3.8) is 0 Å². The Morgan fingerprint density at radius 1 is 1.45 bits per heavy atom. The van der Waals surface area contributed by atoms with E-state index in [0.29, 0.717) is 12.5 Å². The summed E-state index contributed by atoms with van der Waals surface area (Å²) in [5.41, 5.74) is 0.894. The second-order valence-electron chi connectivity index (χ2n) is 5.20. The van der Waals surface area contributed by atoms with Crippen LogP contribution in [0.4, 0.5) is 0 Å². The maximum absolute atomic E-state index is 5.92. The molecule has 0 radical (unpaired) electrons. The van der Waals surface area contributed by atoms with E-state index in [1.165, 1.54) is 0 Å². The lowest BCUT2D eigenvalue weighted by molar-refractivity contribution is -0.382. The third kappa shape index (κ3) is 3.90. The maximum Gasteiger partial charge on any atom is 0.220 e. The van der Waals surface area contributed by atoms with E-state index in [1.807, 2.05) is 23.4 Å². The molecule has 0 unspecified atom stereocenters. The summed E-state index contributed by atoms with van der Waals surface area (Å²) in [5, 5.41) is 4.41. The van der Waals surface area contributed by atoms with Gasteiger partial charge in [-0.1, -0.05) is 20.8 Å². The van der Waals surface area contributed by atoms with Crippen LogP contribution in [0.15, 0.2) is 6.20 Å². The zero-order chi connectivity index (χ0) is 14.5. The Morgan fingerprint density at radius 2 is 2.20 bits per heavy atom. The first kappa shape index (κ1) is 15.7. The van der Waals surface area contributed by atoms with Gasteiger partial charge in [0, 0.05) is 5.75 Å². The van der Waals surface area contributed by atoms with Crippen molar-refractivity contribution in [3.8, 4) is 5.88 Å². The summed E-state index contributed by atoms with van der Waals surface area (Å²) in [6, 6.07) is 0. The fourth-order valence-corrected chi connectivity index (χ4v) is 2.50. The van der Waals surface area contributed by atoms with Crippen molar-refractivity contribution in [1.82, 2.24) is 9.78 Å². The average molecular weight is 300 g/mol. The number of hydrogen-bond donors (Lipinski definition) is 0. The van der Waals surface area contributed by atoms with Gasteiger partial charge in [0.15, 0.2) is 12.6 Å². The Bertz CT molecular complexity index is 417. The summed E-state index contributed by atoms with van der Waals surface area (Å²) in [6.45, 7) is 9.81. The minimum atomic E-state index is -0.334. The molecule has 1 aliphatic heterocycles. The first-order valence-electron chi connectivity index (χ1n) is 7.19. The third-order valence-corrected chi connectivity index (χ3v) is 3.79. The molecular weight excluding hydrogens is 276 g/mol. The van der Waals surface area contributed by atoms with Gasteiger partial charge in [-0.3, -0.25) is 0 Å². The predicted octanol–water partition coefficient (Wildman–Crippen LogP) is 3.06. The monoisotopic (exact) mass is 300 g/mol. The van der Waals surface area contributed by atoms with E-state index in [9.17, 15) is 0 Å². The molecule has 2 rings (SSSR count). The Balaban J connectivity index is 2.05. The van der Waals surface area contributed by atoms with Crippen molar-refractivity contribution >= 4 is 11.8 Å². The average Bonchev–Trinajstić information content (AvgIpc) is 2.75. The third-order valence-electron chi connectivity index (χ3n) is 2.91. The molecular formula is C14H24N2O3S. The Morgan fingerprint density at radius 3 is 2.80 bits per heavy atom. The molecule has 0 spiro atoms. The predicted molar refractivity (Wildman–Crippen MR) is 79.9 cm³/mol. The highest BCUT2D eigenvalue weighted by atomic mass is 32.2. The molecule has 0 aromatic carbocycles. The van der Waals surface area contributed by atoms with Crippen molar-refractivity contribution in [2.24, 2.45) is 5.92 Å². The molecule has 0 saturated carbocycles. The van der Waals surface area contributed by atoms with E-state index in [4.69, 9.17) is 14.2 Å². The van der Waals surface area contributed by atoms with Crippen LogP contribution in [0.3, 0.4) is 0 Å². The normalized spacial score (nSPS) is 22.1. The SMILES string of the molecule is CCSCCn1ncc(C2OC(C)O2)c1OCC(C)C. The van der Waals surface area contributed by atoms with Gasteiger partial charge in [0.25, 0.3) is 0 Å². The molecule has 0 bridgehead atoms. The van der Waals surface area contributed by atoms with E-state index in [1.54, 1.807) is 6.20 Å². The van der Waals surface area contributed by atoms with Crippen molar-refractivity contribution in [3.05, 3.63) is 11.8 Å². The fourth-order valence-electron chi connectivity index (χ4n) is 1.91. The number of ether oxygens (including phenoxy) is 3. The smallest absolute Gasteiger partial charge is 0.220 e. The van der Waals surface area contributed by atoms with E-state index < -0.39 is 0 Å². The summed E-state index contributed by atoms with van der Waals surface area (Å²) >= 11 is 1.89. The van der Waals surface area contributed by atoms with Gasteiger partial charge in [0.2, 0.25) is 5.88 Å². The molecule has 0 aliphatic carbocycles. The highest BCUT2D eigenvalue weighted by molar-refractivity contribution is 7.99. The number of aryl methyl sites for hydroxylation is 1. The zero-order valence-corrected chi connectivity index (χ0v) is 13.5. The highest BCUT2D eigenvalue weighted by Gasteiger charge is 2.33. The molecule has 0 N–H and O–H groups in total. The second kappa shape index (κ2) is 7.33. The van der Waals surface area contributed by atoms with Crippen LogP contribution in [0.25, 0.3) is 0 Å². The summed E-state index contributed by atoms with van der Waals surface area (Å²) < 4.78 is 18.9. The van der Waals surface area contributed by atoms with E-state index in [-0.39, 0.29) is 12.6 Å². The van der Waals surface area contributed by atoms with Crippen LogP contribution >= 0.6 is 11.8 Å². The second-order valence-corrected chi connectivity index (χ2v) is 6.60. The minimum absolute atomic E-state index is 0.142. The minimum Gasteiger partial charge on any atom is -0.477 e. The lowest BCUT2D eigenvalue weighted by Gasteiger charge is -2.33. The molecule has 1 fully saturated rings. The molecule has 2 heterocycles. The summed E-state index contributed by atoms with van der Waals surface area (Å²) in [6.07, 6.45) is 1.32. The molecule has 0 amide bonds. The number of nitrogens with zero attached hydrogens (tertiary/aromatic N) is 2. The van der Waals surface area contributed by atoms with E-state index in [0.717, 1.165) is 29.5 Å². The van der Waals surface area contributed by atoms with Gasteiger partial charge in [0.1, 0.15) is 0 Å². The van der Waals surface area contributed by atoms with Crippen molar-refractivity contribution in [1.29, 1.82) is 0 Å². The summed E-state index contributed by atoms with van der Waals surface area (Å²) in [4.78, 5) is 0. The topological polar surface area (TPSA) is 45.5 Å². The summed E-state index contributed by atoms with van der Waals surface area (Å²) in [5.74, 6) is 3.40. The van der Waals surface area contributed by atoms with Gasteiger partial charge in [-0.2, -0.15) is 16.9 Å². The maximum atomic E-state index is 5.92. The lowest BCUT2D eigenvalue weighted by atomic mass is 10.2. The van der Waals surface area contributed by atoms with Gasteiger partial charge < -0.3 is 14.2 Å². The van der Waals surface area contributed by atoms with Crippen LogP contribution in [0, 0.1) is 5.92 Å². The first-order chi connectivity index (χ1) is 9.61. The molecule has 20 heavy (non-hydrogen) atoms. The lowest BCUT2D eigenvalue weighted by Crippen LogP contribution is -2.31. The molecule has 1 saturated heterocycles. The van der Waals surface area contributed by atoms with Gasteiger partial charge in [-0.05, 0) is 18.6 Å². The van der Waals surface area contributed by atoms with Crippen LogP contribution in [0.1, 0.15) is 39.5 Å². The molecule has 5 nitrogen and oxygen atoms in total. The number of thioether (sulfide) groups is 1. The van der Waals surface area contributed by atoms with Crippen molar-refractivity contribution in [2.75, 3.05) is 18.1 Å². The van der Waals surface area contributed by atoms with Crippen LogP contribution in [0.2, 0.25) is 0 Å². The van der Waals surface area contributed by atoms with Crippen LogP contribution in [0.5, 0.6) is 5.88 Å². The largest absolute Gasteiger partial charge is 0.477 e. The van der Waals surface area contributed by atoms with Gasteiger partial charge >= 0.3 is 0 Å². The van der Waals surface area contributed by atoms with Crippen LogP contribution in [-0.4, -0.2) is 34.2 Å². The molecule has 1 aromatic rings. The van der Waals surface area contributed by atoms with Gasteiger partial charge in [-0.15, -0.1) is 0 Å². The standard InChI is InChI=1S/C14H24N2O3S/c1-5-20-7-6-16-13(17-9-10(2)3)12(8-15-16)14-18-11(4)19-14/h8,10-11,14H,5-7,9H2,1-4H3. The number of hydrogen-bond acceptors (Lipinski definition) is 5. The first-order valence-corrected chi connectivity index (χ1v) is 8.34. The van der Waals surface area contributed by atoms with Gasteiger partial charge in [-0.25, -0.2) is 4.68 Å². The molecule has 1 aromatic heterocycles. The van der Waals surface area contributed by atoms with Crippen molar-refractivity contribution < 1.29 is 14.2 Å². The fraction of sp³-hybridized carbons (Fsp3) is 0.786. The number of rotatable bonds is 8. The van der Waals surface area contributed by atoms with Gasteiger partial charge in [0.05, 0.1) is 24.9 Å². The summed E-state index contributed by atoms with van der Waals surface area (Å²) in [7, 11) is 0. The Labute approximate surface area is 125 Å². The molecule has 0 atom stereocenters. The molecule has 1 aliphatic rings. The van der Waals surface area contributed by atoms with Crippen LogP contribution in [-0.2, 0) is 16.0 Å². The molecule has 6 heteroatoms. The highest BCUT2D eigenvalue weighted by Crippen LogP contribution is 2.36.